The van der Waals surface area contributed by atoms with Crippen molar-refractivity contribution in [2.24, 2.45) is 11.7 Å². The predicted molar refractivity (Wildman–Crippen MR) is 81.8 cm³/mol. The highest BCUT2D eigenvalue weighted by atomic mass is 16.5. The maximum Gasteiger partial charge on any atom is 0.124 e. The minimum atomic E-state index is 0.340. The topological polar surface area (TPSA) is 47.3 Å². The Kier molecular flexibility index (Phi) is 5.83. The van der Waals surface area contributed by atoms with Crippen LogP contribution < -0.4 is 15.8 Å². The van der Waals surface area contributed by atoms with Gasteiger partial charge in [0.05, 0.1) is 7.11 Å². The molecular formula is C16H28N2O. The average molecular weight is 264 g/mol. The molecule has 0 aliphatic heterocycles. The quantitative estimate of drug-likeness (QED) is 0.830. The second-order valence-corrected chi connectivity index (χ2v) is 5.39. The molecule has 0 aliphatic rings. The Hall–Kier alpha value is -1.06. The summed E-state index contributed by atoms with van der Waals surface area (Å²) in [6.07, 6.45) is 1.02. The van der Waals surface area contributed by atoms with E-state index < -0.39 is 0 Å². The van der Waals surface area contributed by atoms with Gasteiger partial charge in [0, 0.05) is 6.04 Å². The number of nitrogens with one attached hydrogen (secondary N) is 1. The molecular weight excluding hydrogens is 236 g/mol. The molecule has 0 aliphatic carbocycles. The van der Waals surface area contributed by atoms with Gasteiger partial charge in [-0.15, -0.1) is 0 Å². The molecule has 0 radical (unpaired) electrons. The number of methoxy groups -OCH3 is 1. The van der Waals surface area contributed by atoms with Gasteiger partial charge in [0.1, 0.15) is 5.75 Å². The minimum Gasteiger partial charge on any atom is -0.496 e. The molecule has 0 aromatic heterocycles. The zero-order chi connectivity index (χ0) is 14.6. The maximum atomic E-state index is 5.70. The summed E-state index contributed by atoms with van der Waals surface area (Å²) >= 11 is 0. The fraction of sp³-hybridized carbons (Fsp3) is 0.625. The van der Waals surface area contributed by atoms with Gasteiger partial charge in [-0.3, -0.25) is 0 Å². The second-order valence-electron chi connectivity index (χ2n) is 5.39. The molecule has 0 heterocycles. The number of nitrogens with two attached hydrogens (primary N) is 1. The van der Waals surface area contributed by atoms with E-state index >= 15 is 0 Å². The van der Waals surface area contributed by atoms with Crippen LogP contribution in [0.15, 0.2) is 6.07 Å². The first-order valence-electron chi connectivity index (χ1n) is 6.99. The average Bonchev–Trinajstić information content (AvgIpc) is 2.37. The van der Waals surface area contributed by atoms with Crippen LogP contribution in [-0.2, 0) is 0 Å². The first kappa shape index (κ1) is 16.0. The molecule has 1 aromatic carbocycles. The maximum absolute atomic E-state index is 5.70. The monoisotopic (exact) mass is 264 g/mol. The van der Waals surface area contributed by atoms with Crippen LogP contribution in [0.2, 0.25) is 0 Å². The smallest absolute Gasteiger partial charge is 0.124 e. The van der Waals surface area contributed by atoms with Crippen LogP contribution >= 0.6 is 0 Å². The van der Waals surface area contributed by atoms with E-state index in [2.05, 4.69) is 39.1 Å². The molecule has 0 amide bonds. The molecule has 0 bridgehead atoms. The Balaban J connectivity index is 3.25. The van der Waals surface area contributed by atoms with Gasteiger partial charge in [-0.1, -0.05) is 13.0 Å². The molecule has 0 fully saturated rings. The largest absolute Gasteiger partial charge is 0.496 e. The number of aryl methyl sites for hydroxylation is 1. The van der Waals surface area contributed by atoms with Crippen LogP contribution in [0.1, 0.15) is 41.6 Å². The van der Waals surface area contributed by atoms with Crippen molar-refractivity contribution >= 4 is 0 Å². The summed E-state index contributed by atoms with van der Waals surface area (Å²) < 4.78 is 5.49. The highest BCUT2D eigenvalue weighted by molar-refractivity contribution is 5.50. The molecule has 108 valence electrons. The molecule has 2 unspecified atom stereocenters. The molecule has 0 saturated carbocycles. The van der Waals surface area contributed by atoms with E-state index in [0.29, 0.717) is 12.0 Å². The van der Waals surface area contributed by atoms with Crippen LogP contribution in [0.4, 0.5) is 0 Å². The van der Waals surface area contributed by atoms with E-state index in [0.717, 1.165) is 18.7 Å². The molecule has 3 heteroatoms. The third-order valence-electron chi connectivity index (χ3n) is 4.11. The zero-order valence-corrected chi connectivity index (χ0v) is 13.1. The van der Waals surface area contributed by atoms with Gasteiger partial charge in [0.15, 0.2) is 0 Å². The predicted octanol–water partition coefficient (Wildman–Crippen LogP) is 2.87. The van der Waals surface area contributed by atoms with Crippen molar-refractivity contribution in [2.75, 3.05) is 20.7 Å². The Labute approximate surface area is 117 Å². The van der Waals surface area contributed by atoms with Crippen molar-refractivity contribution in [3.63, 3.8) is 0 Å². The molecule has 3 N–H and O–H groups in total. The summed E-state index contributed by atoms with van der Waals surface area (Å²) in [6.45, 7) is 9.39. The van der Waals surface area contributed by atoms with E-state index in [1.54, 1.807) is 7.11 Å². The van der Waals surface area contributed by atoms with Crippen LogP contribution in [-0.4, -0.2) is 20.7 Å². The fourth-order valence-electron chi connectivity index (χ4n) is 2.90. The van der Waals surface area contributed by atoms with Crippen molar-refractivity contribution in [3.05, 3.63) is 28.3 Å². The van der Waals surface area contributed by atoms with Gasteiger partial charge in [-0.05, 0) is 69.0 Å². The van der Waals surface area contributed by atoms with Gasteiger partial charge in [0.2, 0.25) is 0 Å². The van der Waals surface area contributed by atoms with Gasteiger partial charge in [-0.2, -0.15) is 0 Å². The number of hydrogen-bond acceptors (Lipinski definition) is 3. The molecule has 3 nitrogen and oxygen atoms in total. The second kappa shape index (κ2) is 6.92. The first-order valence-corrected chi connectivity index (χ1v) is 6.99. The summed E-state index contributed by atoms with van der Waals surface area (Å²) in [5.41, 5.74) is 10.8. The number of ether oxygens (including phenoxy) is 1. The third-order valence-corrected chi connectivity index (χ3v) is 4.11. The van der Waals surface area contributed by atoms with Crippen LogP contribution in [0, 0.1) is 26.7 Å². The van der Waals surface area contributed by atoms with Crippen LogP contribution in [0.25, 0.3) is 0 Å². The summed E-state index contributed by atoms with van der Waals surface area (Å²) in [4.78, 5) is 0. The van der Waals surface area contributed by atoms with Crippen LogP contribution in [0.5, 0.6) is 5.75 Å². The lowest BCUT2D eigenvalue weighted by molar-refractivity contribution is 0.386. The molecule has 0 saturated heterocycles. The van der Waals surface area contributed by atoms with E-state index in [9.17, 15) is 0 Å². The third kappa shape index (κ3) is 3.28. The summed E-state index contributed by atoms with van der Waals surface area (Å²) in [6, 6.07) is 2.59. The van der Waals surface area contributed by atoms with Gasteiger partial charge >= 0.3 is 0 Å². The molecule has 19 heavy (non-hydrogen) atoms. The first-order chi connectivity index (χ1) is 8.97. The van der Waals surface area contributed by atoms with Gasteiger partial charge < -0.3 is 15.8 Å². The Morgan fingerprint density at radius 2 is 1.89 bits per heavy atom. The SMILES string of the molecule is CNC(c1cc(C)c(OC)c(C)c1C)C(C)CCN. The van der Waals surface area contributed by atoms with Crippen LogP contribution in [0.3, 0.4) is 0 Å². The van der Waals surface area contributed by atoms with E-state index in [1.807, 2.05) is 7.05 Å². The molecule has 1 rings (SSSR count). The Morgan fingerprint density at radius 3 is 2.37 bits per heavy atom. The zero-order valence-electron chi connectivity index (χ0n) is 13.1. The minimum absolute atomic E-state index is 0.340. The lowest BCUT2D eigenvalue weighted by atomic mass is 9.86. The summed E-state index contributed by atoms with van der Waals surface area (Å²) in [5.74, 6) is 1.52. The standard InChI is InChI=1S/C16H28N2O/c1-10(7-8-17)15(18-5)14-9-11(2)16(19-6)13(4)12(14)3/h9-10,15,18H,7-8,17H2,1-6H3. The number of rotatable bonds is 6. The Bertz CT molecular complexity index is 429. The molecule has 0 spiro atoms. The lowest BCUT2D eigenvalue weighted by Gasteiger charge is -2.27. The van der Waals surface area contributed by atoms with Gasteiger partial charge in [0.25, 0.3) is 0 Å². The molecule has 1 aromatic rings. The van der Waals surface area contributed by atoms with Crippen molar-refractivity contribution < 1.29 is 4.74 Å². The number of hydrogen-bond donors (Lipinski definition) is 2. The van der Waals surface area contributed by atoms with Crippen molar-refractivity contribution in [2.45, 2.75) is 40.2 Å². The fourth-order valence-corrected chi connectivity index (χ4v) is 2.90. The summed E-state index contributed by atoms with van der Waals surface area (Å²) in [5, 5.41) is 3.44. The normalized spacial score (nSPS) is 14.3. The van der Waals surface area contributed by atoms with Gasteiger partial charge in [-0.25, -0.2) is 0 Å². The summed E-state index contributed by atoms with van der Waals surface area (Å²) in [7, 11) is 3.76. The lowest BCUT2D eigenvalue weighted by Crippen LogP contribution is -2.26. The molecule has 2 atom stereocenters. The highest BCUT2D eigenvalue weighted by Crippen LogP contribution is 2.34. The van der Waals surface area contributed by atoms with Crippen molar-refractivity contribution in [1.29, 1.82) is 0 Å². The highest BCUT2D eigenvalue weighted by Gasteiger charge is 2.21. The van der Waals surface area contributed by atoms with E-state index in [-0.39, 0.29) is 0 Å². The Morgan fingerprint density at radius 1 is 1.26 bits per heavy atom. The number of benzene rings is 1. The van der Waals surface area contributed by atoms with E-state index in [4.69, 9.17) is 10.5 Å². The van der Waals surface area contributed by atoms with Crippen molar-refractivity contribution in [1.82, 2.24) is 5.32 Å². The van der Waals surface area contributed by atoms with E-state index in [1.165, 1.54) is 22.3 Å². The van der Waals surface area contributed by atoms with Crippen molar-refractivity contribution in [3.8, 4) is 5.75 Å².